The fourth-order valence-electron chi connectivity index (χ4n) is 0.713. The SMILES string of the molecule is CCOCN1C=CC=NC1. The summed E-state index contributed by atoms with van der Waals surface area (Å²) >= 11 is 0. The Bertz CT molecular complexity index is 143. The molecule has 0 atom stereocenters. The van der Waals surface area contributed by atoms with Crippen LogP contribution in [0.2, 0.25) is 0 Å². The van der Waals surface area contributed by atoms with Crippen molar-refractivity contribution < 1.29 is 4.74 Å². The first-order valence-electron chi connectivity index (χ1n) is 3.42. The molecular weight excluding hydrogens is 128 g/mol. The Hall–Kier alpha value is -0.830. The van der Waals surface area contributed by atoms with E-state index in [1.807, 2.05) is 24.1 Å². The first-order valence-corrected chi connectivity index (χ1v) is 3.42. The van der Waals surface area contributed by atoms with Gasteiger partial charge in [-0.25, -0.2) is 0 Å². The van der Waals surface area contributed by atoms with Gasteiger partial charge in [0.2, 0.25) is 0 Å². The summed E-state index contributed by atoms with van der Waals surface area (Å²) in [6, 6.07) is 0. The van der Waals surface area contributed by atoms with Crippen molar-refractivity contribution in [2.75, 3.05) is 20.0 Å². The fourth-order valence-corrected chi connectivity index (χ4v) is 0.713. The van der Waals surface area contributed by atoms with Gasteiger partial charge in [-0.3, -0.25) is 4.99 Å². The Balaban J connectivity index is 2.17. The van der Waals surface area contributed by atoms with Crippen molar-refractivity contribution in [3.63, 3.8) is 0 Å². The van der Waals surface area contributed by atoms with Gasteiger partial charge in [0.05, 0.1) is 0 Å². The summed E-state index contributed by atoms with van der Waals surface area (Å²) in [6.07, 6.45) is 5.67. The highest BCUT2D eigenvalue weighted by Crippen LogP contribution is 1.94. The average molecular weight is 140 g/mol. The zero-order chi connectivity index (χ0) is 7.23. The van der Waals surface area contributed by atoms with Crippen molar-refractivity contribution in [3.8, 4) is 0 Å². The van der Waals surface area contributed by atoms with E-state index in [4.69, 9.17) is 4.74 Å². The van der Waals surface area contributed by atoms with Gasteiger partial charge in [0.15, 0.2) is 0 Å². The molecule has 0 radical (unpaired) electrons. The second kappa shape index (κ2) is 4.06. The molecule has 1 rings (SSSR count). The molecule has 0 unspecified atom stereocenters. The van der Waals surface area contributed by atoms with E-state index >= 15 is 0 Å². The van der Waals surface area contributed by atoms with Crippen LogP contribution in [0.3, 0.4) is 0 Å². The van der Waals surface area contributed by atoms with E-state index in [0.29, 0.717) is 6.73 Å². The van der Waals surface area contributed by atoms with E-state index in [1.54, 1.807) is 6.21 Å². The zero-order valence-electron chi connectivity index (χ0n) is 6.16. The van der Waals surface area contributed by atoms with Gasteiger partial charge in [0.1, 0.15) is 13.4 Å². The van der Waals surface area contributed by atoms with Gasteiger partial charge in [-0.2, -0.15) is 0 Å². The molecule has 10 heavy (non-hydrogen) atoms. The van der Waals surface area contributed by atoms with Gasteiger partial charge in [-0.05, 0) is 13.0 Å². The zero-order valence-corrected chi connectivity index (χ0v) is 6.16. The second-order valence-corrected chi connectivity index (χ2v) is 2.03. The third-order valence-electron chi connectivity index (χ3n) is 1.21. The van der Waals surface area contributed by atoms with Crippen LogP contribution < -0.4 is 0 Å². The molecule has 0 amide bonds. The predicted octanol–water partition coefficient (Wildman–Crippen LogP) is 0.838. The van der Waals surface area contributed by atoms with E-state index in [9.17, 15) is 0 Å². The van der Waals surface area contributed by atoms with Gasteiger partial charge >= 0.3 is 0 Å². The summed E-state index contributed by atoms with van der Waals surface area (Å²) in [6.45, 7) is 4.10. The normalized spacial score (nSPS) is 16.3. The van der Waals surface area contributed by atoms with Crippen molar-refractivity contribution in [2.45, 2.75) is 6.92 Å². The molecule has 0 bridgehead atoms. The number of rotatable bonds is 3. The lowest BCUT2D eigenvalue weighted by atomic mass is 10.5. The minimum absolute atomic E-state index is 0.643. The summed E-state index contributed by atoms with van der Waals surface area (Å²) < 4.78 is 5.17. The van der Waals surface area contributed by atoms with E-state index in [1.165, 1.54) is 0 Å². The van der Waals surface area contributed by atoms with E-state index in [0.717, 1.165) is 13.3 Å². The van der Waals surface area contributed by atoms with E-state index < -0.39 is 0 Å². The first-order chi connectivity index (χ1) is 4.93. The minimum atomic E-state index is 0.643. The Morgan fingerprint density at radius 1 is 1.70 bits per heavy atom. The topological polar surface area (TPSA) is 24.8 Å². The molecule has 0 aromatic carbocycles. The quantitative estimate of drug-likeness (QED) is 0.580. The molecule has 3 heteroatoms. The largest absolute Gasteiger partial charge is 0.361 e. The number of hydrogen-bond acceptors (Lipinski definition) is 3. The number of ether oxygens (including phenoxy) is 1. The summed E-state index contributed by atoms with van der Waals surface area (Å²) in [7, 11) is 0. The third-order valence-corrected chi connectivity index (χ3v) is 1.21. The molecule has 56 valence electrons. The van der Waals surface area contributed by atoms with Crippen LogP contribution in [0.1, 0.15) is 6.92 Å². The van der Waals surface area contributed by atoms with E-state index in [2.05, 4.69) is 4.99 Å². The average Bonchev–Trinajstić information content (AvgIpc) is 2.03. The summed E-state index contributed by atoms with van der Waals surface area (Å²) in [5.74, 6) is 0. The summed E-state index contributed by atoms with van der Waals surface area (Å²) in [4.78, 5) is 6.05. The maximum atomic E-state index is 5.17. The van der Waals surface area contributed by atoms with Gasteiger partial charge < -0.3 is 9.64 Å². The first kappa shape index (κ1) is 7.28. The maximum Gasteiger partial charge on any atom is 0.119 e. The van der Waals surface area contributed by atoms with Crippen molar-refractivity contribution in [1.29, 1.82) is 0 Å². The molecule has 0 N–H and O–H groups in total. The van der Waals surface area contributed by atoms with Crippen LogP contribution in [-0.2, 0) is 4.74 Å². The second-order valence-electron chi connectivity index (χ2n) is 2.03. The van der Waals surface area contributed by atoms with Crippen LogP contribution >= 0.6 is 0 Å². The standard InChI is InChI=1S/C7H12N2O/c1-2-10-7-9-5-3-4-8-6-9/h3-5H,2,6-7H2,1H3. The molecule has 0 saturated carbocycles. The van der Waals surface area contributed by atoms with Crippen LogP contribution in [0.15, 0.2) is 17.3 Å². The van der Waals surface area contributed by atoms with Crippen LogP contribution in [0, 0.1) is 0 Å². The number of nitrogens with zero attached hydrogens (tertiary/aromatic N) is 2. The molecule has 0 fully saturated rings. The molecule has 0 aliphatic carbocycles. The van der Waals surface area contributed by atoms with Crippen LogP contribution in [0.25, 0.3) is 0 Å². The Labute approximate surface area is 61.0 Å². The van der Waals surface area contributed by atoms with Gasteiger partial charge in [0, 0.05) is 19.0 Å². The van der Waals surface area contributed by atoms with Gasteiger partial charge in [-0.1, -0.05) is 0 Å². The molecule has 0 aromatic rings. The number of hydrogen-bond donors (Lipinski definition) is 0. The van der Waals surface area contributed by atoms with Gasteiger partial charge in [-0.15, -0.1) is 0 Å². The maximum absolute atomic E-state index is 5.17. The minimum Gasteiger partial charge on any atom is -0.361 e. The van der Waals surface area contributed by atoms with Crippen molar-refractivity contribution in [3.05, 3.63) is 12.3 Å². The Morgan fingerprint density at radius 3 is 3.20 bits per heavy atom. The highest BCUT2D eigenvalue weighted by atomic mass is 16.5. The van der Waals surface area contributed by atoms with Crippen molar-refractivity contribution >= 4 is 6.21 Å². The molecule has 1 heterocycles. The van der Waals surface area contributed by atoms with Crippen molar-refractivity contribution in [1.82, 2.24) is 4.90 Å². The van der Waals surface area contributed by atoms with Crippen LogP contribution in [0.4, 0.5) is 0 Å². The van der Waals surface area contributed by atoms with Crippen LogP contribution in [0.5, 0.6) is 0 Å². The fraction of sp³-hybridized carbons (Fsp3) is 0.571. The predicted molar refractivity (Wildman–Crippen MR) is 40.8 cm³/mol. The number of allylic oxidation sites excluding steroid dienone is 1. The summed E-state index contributed by atoms with van der Waals surface area (Å²) in [5.41, 5.74) is 0. The van der Waals surface area contributed by atoms with E-state index in [-0.39, 0.29) is 0 Å². The molecular formula is C7H12N2O. The smallest absolute Gasteiger partial charge is 0.119 e. The molecule has 0 spiro atoms. The highest BCUT2D eigenvalue weighted by molar-refractivity contribution is 5.71. The molecule has 3 nitrogen and oxygen atoms in total. The Kier molecular flexibility index (Phi) is 2.96. The van der Waals surface area contributed by atoms with Crippen LogP contribution in [-0.4, -0.2) is 31.1 Å². The lowest BCUT2D eigenvalue weighted by molar-refractivity contribution is 0.0637. The molecule has 0 aromatic heterocycles. The molecule has 0 saturated heterocycles. The third kappa shape index (κ3) is 2.19. The van der Waals surface area contributed by atoms with Crippen molar-refractivity contribution in [2.24, 2.45) is 4.99 Å². The summed E-state index contributed by atoms with van der Waals surface area (Å²) in [5, 5.41) is 0. The highest BCUT2D eigenvalue weighted by Gasteiger charge is 1.97. The molecule has 1 aliphatic heterocycles. The Morgan fingerprint density at radius 2 is 2.60 bits per heavy atom. The molecule has 1 aliphatic rings. The van der Waals surface area contributed by atoms with Gasteiger partial charge in [0.25, 0.3) is 0 Å². The lowest BCUT2D eigenvalue weighted by Crippen LogP contribution is -2.22. The lowest BCUT2D eigenvalue weighted by Gasteiger charge is -2.18. The number of aliphatic imine (C=N–C) groups is 1. The monoisotopic (exact) mass is 140 g/mol.